The Morgan fingerprint density at radius 2 is 2.35 bits per heavy atom. The Morgan fingerprint density at radius 1 is 1.47 bits per heavy atom. The van der Waals surface area contributed by atoms with E-state index in [1.165, 1.54) is 45.9 Å². The molecule has 17 heavy (non-hydrogen) atoms. The average molecular weight is 293 g/mol. The SMILES string of the molecule is CNCC1CCCc2c1[nH]c1ccc(Br)cc21. The van der Waals surface area contributed by atoms with Crippen LogP contribution in [0.2, 0.25) is 0 Å². The van der Waals surface area contributed by atoms with E-state index in [4.69, 9.17) is 0 Å². The Balaban J connectivity index is 2.15. The van der Waals surface area contributed by atoms with Crippen molar-refractivity contribution in [1.82, 2.24) is 10.3 Å². The van der Waals surface area contributed by atoms with Crippen LogP contribution in [-0.2, 0) is 6.42 Å². The van der Waals surface area contributed by atoms with E-state index in [2.05, 4.69) is 44.4 Å². The van der Waals surface area contributed by atoms with Crippen molar-refractivity contribution in [2.45, 2.75) is 25.2 Å². The molecule has 90 valence electrons. The van der Waals surface area contributed by atoms with Crippen LogP contribution in [-0.4, -0.2) is 18.6 Å². The first kappa shape index (κ1) is 11.3. The van der Waals surface area contributed by atoms with Crippen molar-refractivity contribution in [2.24, 2.45) is 0 Å². The Hall–Kier alpha value is -0.800. The molecule has 0 fully saturated rings. The van der Waals surface area contributed by atoms with Gasteiger partial charge in [-0.15, -0.1) is 0 Å². The standard InChI is InChI=1S/C14H17BrN2/c1-16-8-9-3-2-4-11-12-7-10(15)5-6-13(12)17-14(9)11/h5-7,9,16-17H,2-4,8H2,1H3. The smallest absolute Gasteiger partial charge is 0.0459 e. The molecule has 1 heterocycles. The van der Waals surface area contributed by atoms with Crippen LogP contribution in [0.1, 0.15) is 30.0 Å². The quantitative estimate of drug-likeness (QED) is 0.870. The van der Waals surface area contributed by atoms with Crippen molar-refractivity contribution < 1.29 is 0 Å². The van der Waals surface area contributed by atoms with E-state index in [9.17, 15) is 0 Å². The van der Waals surface area contributed by atoms with Crippen molar-refractivity contribution in [3.05, 3.63) is 33.9 Å². The van der Waals surface area contributed by atoms with Gasteiger partial charge in [-0.05, 0) is 50.1 Å². The van der Waals surface area contributed by atoms with Crippen LogP contribution in [0.3, 0.4) is 0 Å². The molecule has 2 aromatic rings. The van der Waals surface area contributed by atoms with Crippen LogP contribution in [0, 0.1) is 0 Å². The summed E-state index contributed by atoms with van der Waals surface area (Å²) < 4.78 is 1.17. The third-order valence-electron chi connectivity index (χ3n) is 3.74. The number of H-pyrrole nitrogens is 1. The summed E-state index contributed by atoms with van der Waals surface area (Å²) >= 11 is 3.56. The fourth-order valence-electron chi connectivity index (χ4n) is 2.98. The third kappa shape index (κ3) is 1.91. The number of fused-ring (bicyclic) bond motifs is 3. The minimum atomic E-state index is 0.648. The Morgan fingerprint density at radius 3 is 3.18 bits per heavy atom. The van der Waals surface area contributed by atoms with E-state index >= 15 is 0 Å². The minimum Gasteiger partial charge on any atom is -0.358 e. The predicted molar refractivity (Wildman–Crippen MR) is 75.6 cm³/mol. The van der Waals surface area contributed by atoms with E-state index in [1.807, 2.05) is 7.05 Å². The summed E-state index contributed by atoms with van der Waals surface area (Å²) in [5.41, 5.74) is 4.27. The largest absolute Gasteiger partial charge is 0.358 e. The van der Waals surface area contributed by atoms with Gasteiger partial charge in [0.05, 0.1) is 0 Å². The Labute approximate surface area is 110 Å². The van der Waals surface area contributed by atoms with Crippen molar-refractivity contribution in [1.29, 1.82) is 0 Å². The van der Waals surface area contributed by atoms with E-state index in [0.717, 1.165) is 6.54 Å². The summed E-state index contributed by atoms with van der Waals surface area (Å²) in [6, 6.07) is 6.53. The van der Waals surface area contributed by atoms with Crippen LogP contribution in [0.4, 0.5) is 0 Å². The van der Waals surface area contributed by atoms with Gasteiger partial charge in [-0.3, -0.25) is 0 Å². The normalized spacial score (nSPS) is 19.5. The van der Waals surface area contributed by atoms with Gasteiger partial charge >= 0.3 is 0 Å². The highest BCUT2D eigenvalue weighted by Crippen LogP contribution is 2.36. The molecule has 3 rings (SSSR count). The van der Waals surface area contributed by atoms with E-state index in [1.54, 1.807) is 0 Å². The van der Waals surface area contributed by atoms with Gasteiger partial charge in [-0.1, -0.05) is 15.9 Å². The Kier molecular flexibility index (Phi) is 2.97. The second-order valence-corrected chi connectivity index (χ2v) is 5.77. The van der Waals surface area contributed by atoms with Gasteiger partial charge in [-0.2, -0.15) is 0 Å². The monoisotopic (exact) mass is 292 g/mol. The molecule has 0 saturated carbocycles. The number of nitrogens with one attached hydrogen (secondary N) is 2. The number of benzene rings is 1. The van der Waals surface area contributed by atoms with Gasteiger partial charge in [0.1, 0.15) is 0 Å². The van der Waals surface area contributed by atoms with Crippen molar-refractivity contribution in [3.8, 4) is 0 Å². The molecule has 0 aliphatic heterocycles. The minimum absolute atomic E-state index is 0.648. The fourth-order valence-corrected chi connectivity index (χ4v) is 3.34. The number of hydrogen-bond donors (Lipinski definition) is 2. The molecule has 2 nitrogen and oxygen atoms in total. The van der Waals surface area contributed by atoms with E-state index in [-0.39, 0.29) is 0 Å². The number of aromatic amines is 1. The van der Waals surface area contributed by atoms with Crippen LogP contribution in [0.15, 0.2) is 22.7 Å². The highest BCUT2D eigenvalue weighted by molar-refractivity contribution is 9.10. The number of aryl methyl sites for hydroxylation is 1. The molecule has 1 aromatic carbocycles. The molecule has 0 amide bonds. The molecule has 1 aliphatic carbocycles. The number of halogens is 1. The molecular weight excluding hydrogens is 276 g/mol. The average Bonchev–Trinajstić information content (AvgIpc) is 2.69. The molecular formula is C14H17BrN2. The second-order valence-electron chi connectivity index (χ2n) is 4.85. The lowest BCUT2D eigenvalue weighted by molar-refractivity contribution is 0.522. The number of hydrogen-bond acceptors (Lipinski definition) is 1. The van der Waals surface area contributed by atoms with Crippen molar-refractivity contribution in [2.75, 3.05) is 13.6 Å². The summed E-state index contributed by atoms with van der Waals surface area (Å²) in [6.07, 6.45) is 3.81. The van der Waals surface area contributed by atoms with E-state index in [0.29, 0.717) is 5.92 Å². The topological polar surface area (TPSA) is 27.8 Å². The molecule has 0 spiro atoms. The molecule has 2 N–H and O–H groups in total. The maximum atomic E-state index is 3.62. The van der Waals surface area contributed by atoms with Crippen LogP contribution in [0.25, 0.3) is 10.9 Å². The van der Waals surface area contributed by atoms with Crippen molar-refractivity contribution >= 4 is 26.8 Å². The zero-order valence-corrected chi connectivity index (χ0v) is 11.6. The Bertz CT molecular complexity index is 544. The lowest BCUT2D eigenvalue weighted by Gasteiger charge is -2.22. The first-order valence-corrected chi connectivity index (χ1v) is 7.03. The maximum absolute atomic E-state index is 3.62. The second kappa shape index (κ2) is 4.46. The van der Waals surface area contributed by atoms with Gasteiger partial charge in [0.15, 0.2) is 0 Å². The highest BCUT2D eigenvalue weighted by Gasteiger charge is 2.23. The summed E-state index contributed by atoms with van der Waals surface area (Å²) in [7, 11) is 2.04. The summed E-state index contributed by atoms with van der Waals surface area (Å²) in [6.45, 7) is 1.07. The molecule has 1 aliphatic rings. The van der Waals surface area contributed by atoms with Gasteiger partial charge < -0.3 is 10.3 Å². The molecule has 1 atom stereocenters. The first-order chi connectivity index (χ1) is 8.29. The van der Waals surface area contributed by atoms with Gasteiger partial charge in [-0.25, -0.2) is 0 Å². The van der Waals surface area contributed by atoms with Crippen LogP contribution < -0.4 is 5.32 Å². The molecule has 0 saturated heterocycles. The van der Waals surface area contributed by atoms with Crippen LogP contribution >= 0.6 is 15.9 Å². The lowest BCUT2D eigenvalue weighted by Crippen LogP contribution is -2.21. The van der Waals surface area contributed by atoms with Crippen molar-refractivity contribution in [3.63, 3.8) is 0 Å². The number of likely N-dealkylation sites (N-methyl/N-ethyl adjacent to an activating group) is 1. The summed E-state index contributed by atoms with van der Waals surface area (Å²) in [4.78, 5) is 3.62. The molecule has 0 bridgehead atoms. The molecule has 1 unspecified atom stereocenters. The highest BCUT2D eigenvalue weighted by atomic mass is 79.9. The number of rotatable bonds is 2. The summed E-state index contributed by atoms with van der Waals surface area (Å²) in [5.74, 6) is 0.648. The zero-order valence-electron chi connectivity index (χ0n) is 10.0. The molecule has 0 radical (unpaired) electrons. The van der Waals surface area contributed by atoms with E-state index < -0.39 is 0 Å². The predicted octanol–water partition coefficient (Wildman–Crippen LogP) is 3.57. The lowest BCUT2D eigenvalue weighted by atomic mass is 9.87. The van der Waals surface area contributed by atoms with Gasteiger partial charge in [0.2, 0.25) is 0 Å². The third-order valence-corrected chi connectivity index (χ3v) is 4.23. The first-order valence-electron chi connectivity index (χ1n) is 6.24. The van der Waals surface area contributed by atoms with Crippen LogP contribution in [0.5, 0.6) is 0 Å². The van der Waals surface area contributed by atoms with Gasteiger partial charge in [0, 0.05) is 33.5 Å². The maximum Gasteiger partial charge on any atom is 0.0459 e. The molecule has 1 aromatic heterocycles. The molecule has 3 heteroatoms. The number of aromatic nitrogens is 1. The fraction of sp³-hybridized carbons (Fsp3) is 0.429. The van der Waals surface area contributed by atoms with Gasteiger partial charge in [0.25, 0.3) is 0 Å². The summed E-state index contributed by atoms with van der Waals surface area (Å²) in [5, 5.41) is 4.70. The zero-order chi connectivity index (χ0) is 11.8.